The van der Waals surface area contributed by atoms with Crippen molar-refractivity contribution in [3.8, 4) is 17.0 Å². The molecule has 0 radical (unpaired) electrons. The molecule has 0 aliphatic rings. The van der Waals surface area contributed by atoms with E-state index >= 15 is 0 Å². The van der Waals surface area contributed by atoms with Crippen molar-refractivity contribution in [3.05, 3.63) is 90.3 Å². The average Bonchev–Trinajstić information content (AvgIpc) is 3.28. The van der Waals surface area contributed by atoms with Gasteiger partial charge in [0.25, 0.3) is 0 Å². The van der Waals surface area contributed by atoms with Gasteiger partial charge in [0.15, 0.2) is 0 Å². The van der Waals surface area contributed by atoms with Crippen molar-refractivity contribution in [2.75, 3.05) is 13.2 Å². The van der Waals surface area contributed by atoms with Gasteiger partial charge in [0.1, 0.15) is 5.75 Å². The number of hydrogen-bond donors (Lipinski definition) is 2. The maximum Gasteiger partial charge on any atom is 0.213 e. The third-order valence-corrected chi connectivity index (χ3v) is 5.58. The summed E-state index contributed by atoms with van der Waals surface area (Å²) in [6, 6.07) is 22.2. The van der Waals surface area contributed by atoms with Crippen LogP contribution in [0.15, 0.2) is 79.1 Å². The summed E-state index contributed by atoms with van der Waals surface area (Å²) in [6.45, 7) is 2.95. The van der Waals surface area contributed by atoms with Gasteiger partial charge in [-0.15, -0.1) is 0 Å². The van der Waals surface area contributed by atoms with Gasteiger partial charge in [-0.2, -0.15) is 5.10 Å². The lowest BCUT2D eigenvalue weighted by Crippen LogP contribution is -2.04. The standard InChI is InChI=1S/C27H24N4O2/c1-2-32-27(28)22-8-10-25-24(16-22)26(31-30-25)21-6-5-20-15-23(9-7-19(20)14-21)33-13-11-18-4-3-12-29-17-18/h3-10,12,14-17,28H,2,11,13H2,1H3,(H,30,31). The Morgan fingerprint density at radius 2 is 1.88 bits per heavy atom. The van der Waals surface area contributed by atoms with Gasteiger partial charge in [0.05, 0.1) is 24.4 Å². The first-order chi connectivity index (χ1) is 16.2. The van der Waals surface area contributed by atoms with E-state index in [1.807, 2.05) is 43.5 Å². The molecule has 0 aliphatic carbocycles. The molecule has 0 atom stereocenters. The smallest absolute Gasteiger partial charge is 0.213 e. The minimum absolute atomic E-state index is 0.168. The van der Waals surface area contributed by atoms with Crippen LogP contribution in [0.3, 0.4) is 0 Å². The number of pyridine rings is 1. The van der Waals surface area contributed by atoms with Crippen LogP contribution in [0.25, 0.3) is 32.9 Å². The molecule has 164 valence electrons. The summed E-state index contributed by atoms with van der Waals surface area (Å²) >= 11 is 0. The molecule has 6 nitrogen and oxygen atoms in total. The highest BCUT2D eigenvalue weighted by Gasteiger charge is 2.12. The number of aromatic amines is 1. The molecule has 0 saturated carbocycles. The molecule has 5 rings (SSSR count). The quantitative estimate of drug-likeness (QED) is 0.251. The molecule has 0 unspecified atom stereocenters. The molecular weight excluding hydrogens is 412 g/mol. The van der Waals surface area contributed by atoms with E-state index in [1.54, 1.807) is 6.20 Å². The van der Waals surface area contributed by atoms with Crippen LogP contribution in [0.5, 0.6) is 5.75 Å². The van der Waals surface area contributed by atoms with E-state index in [0.29, 0.717) is 13.2 Å². The first-order valence-electron chi connectivity index (χ1n) is 11.0. The zero-order chi connectivity index (χ0) is 22.6. The lowest BCUT2D eigenvalue weighted by atomic mass is 10.0. The maximum absolute atomic E-state index is 8.09. The van der Waals surface area contributed by atoms with Crippen LogP contribution < -0.4 is 4.74 Å². The third kappa shape index (κ3) is 4.41. The number of ether oxygens (including phenoxy) is 2. The Hall–Kier alpha value is -4.19. The predicted molar refractivity (Wildman–Crippen MR) is 131 cm³/mol. The molecular formula is C27H24N4O2. The average molecular weight is 437 g/mol. The van der Waals surface area contributed by atoms with E-state index in [0.717, 1.165) is 56.2 Å². The van der Waals surface area contributed by atoms with Gasteiger partial charge in [-0.25, -0.2) is 0 Å². The Bertz CT molecular complexity index is 1430. The number of nitrogens with zero attached hydrogens (tertiary/aromatic N) is 2. The highest BCUT2D eigenvalue weighted by Crippen LogP contribution is 2.31. The zero-order valence-electron chi connectivity index (χ0n) is 18.3. The SMILES string of the molecule is CCOC(=N)c1ccc2[nH]nc(-c3ccc4cc(OCCc5cccnc5)ccc4c3)c2c1. The Labute approximate surface area is 191 Å². The van der Waals surface area contributed by atoms with Gasteiger partial charge >= 0.3 is 0 Å². The van der Waals surface area contributed by atoms with Gasteiger partial charge < -0.3 is 9.47 Å². The fourth-order valence-electron chi connectivity index (χ4n) is 3.90. The Balaban J connectivity index is 1.38. The fourth-order valence-corrected chi connectivity index (χ4v) is 3.90. The van der Waals surface area contributed by atoms with Crippen LogP contribution >= 0.6 is 0 Å². The summed E-state index contributed by atoms with van der Waals surface area (Å²) in [5, 5.41) is 18.9. The molecule has 0 spiro atoms. The van der Waals surface area contributed by atoms with Crippen molar-refractivity contribution >= 4 is 27.6 Å². The number of benzene rings is 3. The van der Waals surface area contributed by atoms with Crippen molar-refractivity contribution < 1.29 is 9.47 Å². The maximum atomic E-state index is 8.09. The van der Waals surface area contributed by atoms with Crippen LogP contribution in [-0.2, 0) is 11.2 Å². The number of H-pyrrole nitrogens is 1. The van der Waals surface area contributed by atoms with Gasteiger partial charge in [0.2, 0.25) is 5.90 Å². The van der Waals surface area contributed by atoms with E-state index in [9.17, 15) is 0 Å². The minimum Gasteiger partial charge on any atom is -0.493 e. The van der Waals surface area contributed by atoms with E-state index in [2.05, 4.69) is 51.6 Å². The van der Waals surface area contributed by atoms with Crippen molar-refractivity contribution in [3.63, 3.8) is 0 Å². The van der Waals surface area contributed by atoms with Crippen molar-refractivity contribution in [1.82, 2.24) is 15.2 Å². The van der Waals surface area contributed by atoms with Gasteiger partial charge in [-0.05, 0) is 65.7 Å². The summed E-state index contributed by atoms with van der Waals surface area (Å²) in [5.41, 5.74) is 4.69. The Morgan fingerprint density at radius 3 is 2.73 bits per heavy atom. The van der Waals surface area contributed by atoms with Crippen LogP contribution in [0.2, 0.25) is 0 Å². The molecule has 0 amide bonds. The van der Waals surface area contributed by atoms with Gasteiger partial charge in [0, 0.05) is 35.3 Å². The normalized spacial score (nSPS) is 11.1. The van der Waals surface area contributed by atoms with Crippen LogP contribution in [0.1, 0.15) is 18.1 Å². The third-order valence-electron chi connectivity index (χ3n) is 5.58. The molecule has 2 aromatic heterocycles. The molecule has 2 N–H and O–H groups in total. The van der Waals surface area contributed by atoms with Gasteiger partial charge in [-0.1, -0.05) is 24.3 Å². The van der Waals surface area contributed by atoms with Crippen LogP contribution in [0.4, 0.5) is 0 Å². The number of rotatable bonds is 7. The second-order valence-corrected chi connectivity index (χ2v) is 7.78. The second-order valence-electron chi connectivity index (χ2n) is 7.78. The van der Waals surface area contributed by atoms with E-state index in [-0.39, 0.29) is 5.90 Å². The van der Waals surface area contributed by atoms with E-state index < -0.39 is 0 Å². The number of nitrogens with one attached hydrogen (secondary N) is 2. The molecule has 33 heavy (non-hydrogen) atoms. The lowest BCUT2D eigenvalue weighted by molar-refractivity contribution is 0.322. The lowest BCUT2D eigenvalue weighted by Gasteiger charge is -2.08. The van der Waals surface area contributed by atoms with Crippen molar-refractivity contribution in [1.29, 1.82) is 5.41 Å². The second kappa shape index (κ2) is 9.12. The summed E-state index contributed by atoms with van der Waals surface area (Å²) in [7, 11) is 0. The first-order valence-corrected chi connectivity index (χ1v) is 11.0. The molecule has 0 fully saturated rings. The molecule has 3 aromatic carbocycles. The largest absolute Gasteiger partial charge is 0.493 e. The van der Waals surface area contributed by atoms with E-state index in [1.165, 1.54) is 0 Å². The number of hydrogen-bond acceptors (Lipinski definition) is 5. The molecule has 2 heterocycles. The Morgan fingerprint density at radius 1 is 1.00 bits per heavy atom. The predicted octanol–water partition coefficient (Wildman–Crippen LogP) is 5.76. The topological polar surface area (TPSA) is 83.9 Å². The molecule has 0 saturated heterocycles. The van der Waals surface area contributed by atoms with E-state index in [4.69, 9.17) is 14.9 Å². The van der Waals surface area contributed by atoms with Gasteiger partial charge in [-0.3, -0.25) is 15.5 Å². The highest BCUT2D eigenvalue weighted by molar-refractivity contribution is 6.01. The molecule has 6 heteroatoms. The highest BCUT2D eigenvalue weighted by atomic mass is 16.5. The monoisotopic (exact) mass is 436 g/mol. The summed E-state index contributed by atoms with van der Waals surface area (Å²) in [6.07, 6.45) is 4.46. The Kier molecular flexibility index (Phi) is 5.72. The number of aromatic nitrogens is 3. The number of fused-ring (bicyclic) bond motifs is 2. The minimum atomic E-state index is 0.168. The first kappa shape index (κ1) is 20.7. The van der Waals surface area contributed by atoms with Crippen LogP contribution in [-0.4, -0.2) is 34.3 Å². The summed E-state index contributed by atoms with van der Waals surface area (Å²) in [5.74, 6) is 1.02. The molecule has 0 bridgehead atoms. The van der Waals surface area contributed by atoms with Crippen molar-refractivity contribution in [2.24, 2.45) is 0 Å². The summed E-state index contributed by atoms with van der Waals surface area (Å²) in [4.78, 5) is 4.14. The zero-order valence-corrected chi connectivity index (χ0v) is 18.3. The summed E-state index contributed by atoms with van der Waals surface area (Å²) < 4.78 is 11.3. The van der Waals surface area contributed by atoms with Crippen molar-refractivity contribution in [2.45, 2.75) is 13.3 Å². The molecule has 5 aromatic rings. The molecule has 0 aliphatic heterocycles. The fraction of sp³-hybridized carbons (Fsp3) is 0.148. The van der Waals surface area contributed by atoms with Crippen LogP contribution in [0, 0.1) is 5.41 Å².